The van der Waals surface area contributed by atoms with Crippen LogP contribution in [0.4, 0.5) is 0 Å². The first kappa shape index (κ1) is 13.7. The molecule has 0 atom stereocenters. The molecule has 0 aliphatic rings. The van der Waals surface area contributed by atoms with Gasteiger partial charge in [-0.05, 0) is 35.2 Å². The van der Waals surface area contributed by atoms with Crippen molar-refractivity contribution in [2.24, 2.45) is 0 Å². The molecule has 0 aromatic heterocycles. The molecule has 0 saturated carbocycles. The van der Waals surface area contributed by atoms with Gasteiger partial charge in [0.2, 0.25) is 0 Å². The average molecular weight is 295 g/mol. The third kappa shape index (κ3) is 2.53. The molecule has 0 spiro atoms. The SMILES string of the molecule is Cc1c(O)cc(Cl)c(-c2ccccc2)c1-c1ccccc1. The number of hydrogen-bond acceptors (Lipinski definition) is 1. The maximum absolute atomic E-state index is 10.1. The van der Waals surface area contributed by atoms with Crippen LogP contribution in [0.15, 0.2) is 66.7 Å². The van der Waals surface area contributed by atoms with Crippen LogP contribution in [0.25, 0.3) is 22.3 Å². The van der Waals surface area contributed by atoms with Crippen LogP contribution >= 0.6 is 11.6 Å². The van der Waals surface area contributed by atoms with Crippen molar-refractivity contribution >= 4 is 11.6 Å². The Morgan fingerprint density at radius 2 is 1.24 bits per heavy atom. The van der Waals surface area contributed by atoms with E-state index in [9.17, 15) is 5.11 Å². The second kappa shape index (κ2) is 5.63. The number of phenolic OH excluding ortho intramolecular Hbond substituents is 1. The van der Waals surface area contributed by atoms with Crippen molar-refractivity contribution in [2.75, 3.05) is 0 Å². The molecule has 3 rings (SSSR count). The minimum absolute atomic E-state index is 0.221. The topological polar surface area (TPSA) is 20.2 Å². The molecule has 0 aliphatic heterocycles. The molecule has 1 nitrogen and oxygen atoms in total. The zero-order chi connectivity index (χ0) is 14.8. The van der Waals surface area contributed by atoms with Crippen LogP contribution in [0.2, 0.25) is 5.02 Å². The Morgan fingerprint density at radius 3 is 1.76 bits per heavy atom. The maximum Gasteiger partial charge on any atom is 0.120 e. The summed E-state index contributed by atoms with van der Waals surface area (Å²) in [7, 11) is 0. The summed E-state index contributed by atoms with van der Waals surface area (Å²) in [6.45, 7) is 1.92. The highest BCUT2D eigenvalue weighted by atomic mass is 35.5. The van der Waals surface area contributed by atoms with Gasteiger partial charge in [-0.25, -0.2) is 0 Å². The molecule has 2 heteroatoms. The summed E-state index contributed by atoms with van der Waals surface area (Å²) in [5.74, 6) is 0.221. The van der Waals surface area contributed by atoms with E-state index in [2.05, 4.69) is 0 Å². The van der Waals surface area contributed by atoms with Gasteiger partial charge in [0.05, 0.1) is 5.02 Å². The summed E-state index contributed by atoms with van der Waals surface area (Å²) in [6.07, 6.45) is 0. The fourth-order valence-corrected chi connectivity index (χ4v) is 2.90. The van der Waals surface area contributed by atoms with E-state index in [1.807, 2.05) is 67.6 Å². The van der Waals surface area contributed by atoms with E-state index in [4.69, 9.17) is 11.6 Å². The summed E-state index contributed by atoms with van der Waals surface area (Å²) in [5.41, 5.74) is 4.87. The molecular formula is C19H15ClO. The molecule has 104 valence electrons. The molecule has 3 aromatic rings. The van der Waals surface area contributed by atoms with Crippen LogP contribution in [0, 0.1) is 6.92 Å². The standard InChI is InChI=1S/C19H15ClO/c1-13-17(21)12-16(20)19(15-10-6-3-7-11-15)18(13)14-8-4-2-5-9-14/h2-12,21H,1H3. The van der Waals surface area contributed by atoms with Crippen molar-refractivity contribution in [3.8, 4) is 28.0 Å². The summed E-state index contributed by atoms with van der Waals surface area (Å²) in [4.78, 5) is 0. The Bertz CT molecular complexity index is 765. The Labute approximate surface area is 129 Å². The van der Waals surface area contributed by atoms with Gasteiger partial charge in [0.25, 0.3) is 0 Å². The fraction of sp³-hybridized carbons (Fsp3) is 0.0526. The number of phenols is 1. The lowest BCUT2D eigenvalue weighted by Crippen LogP contribution is -1.91. The highest BCUT2D eigenvalue weighted by Crippen LogP contribution is 2.43. The first-order valence-corrected chi connectivity index (χ1v) is 7.19. The van der Waals surface area contributed by atoms with E-state index >= 15 is 0 Å². The summed E-state index contributed by atoms with van der Waals surface area (Å²) in [5, 5.41) is 10.7. The molecule has 0 heterocycles. The average Bonchev–Trinajstić information content (AvgIpc) is 2.52. The van der Waals surface area contributed by atoms with E-state index in [1.165, 1.54) is 0 Å². The van der Waals surface area contributed by atoms with Crippen LogP contribution in [0.1, 0.15) is 5.56 Å². The number of rotatable bonds is 2. The molecule has 3 aromatic carbocycles. The smallest absolute Gasteiger partial charge is 0.120 e. The highest BCUT2D eigenvalue weighted by molar-refractivity contribution is 6.34. The summed E-state index contributed by atoms with van der Waals surface area (Å²) < 4.78 is 0. The van der Waals surface area contributed by atoms with Gasteiger partial charge in [0, 0.05) is 5.56 Å². The van der Waals surface area contributed by atoms with Gasteiger partial charge in [-0.15, -0.1) is 0 Å². The molecule has 0 bridgehead atoms. The van der Waals surface area contributed by atoms with Gasteiger partial charge >= 0.3 is 0 Å². The molecular weight excluding hydrogens is 280 g/mol. The largest absolute Gasteiger partial charge is 0.508 e. The second-order valence-electron chi connectivity index (χ2n) is 4.98. The Morgan fingerprint density at radius 1 is 0.762 bits per heavy atom. The Hall–Kier alpha value is -2.25. The van der Waals surface area contributed by atoms with Crippen molar-refractivity contribution in [2.45, 2.75) is 6.92 Å². The van der Waals surface area contributed by atoms with Gasteiger partial charge in [-0.3, -0.25) is 0 Å². The molecule has 0 saturated heterocycles. The summed E-state index contributed by atoms with van der Waals surface area (Å²) in [6, 6.07) is 21.7. The van der Waals surface area contributed by atoms with Gasteiger partial charge in [-0.2, -0.15) is 0 Å². The van der Waals surface area contributed by atoms with Gasteiger partial charge in [0.1, 0.15) is 5.75 Å². The van der Waals surface area contributed by atoms with Crippen molar-refractivity contribution in [3.05, 3.63) is 77.3 Å². The van der Waals surface area contributed by atoms with Crippen molar-refractivity contribution < 1.29 is 5.11 Å². The van der Waals surface area contributed by atoms with Gasteiger partial charge in [0.15, 0.2) is 0 Å². The van der Waals surface area contributed by atoms with Crippen LogP contribution < -0.4 is 0 Å². The molecule has 0 aliphatic carbocycles. The van der Waals surface area contributed by atoms with Crippen LogP contribution in [-0.4, -0.2) is 5.11 Å². The lowest BCUT2D eigenvalue weighted by molar-refractivity contribution is 0.471. The quantitative estimate of drug-likeness (QED) is 0.644. The van der Waals surface area contributed by atoms with E-state index < -0.39 is 0 Å². The van der Waals surface area contributed by atoms with Gasteiger partial charge < -0.3 is 5.11 Å². The Balaban J connectivity index is 2.37. The first-order valence-electron chi connectivity index (χ1n) is 6.81. The number of aromatic hydroxyl groups is 1. The summed E-state index contributed by atoms with van der Waals surface area (Å²) >= 11 is 6.43. The van der Waals surface area contributed by atoms with Crippen molar-refractivity contribution in [1.29, 1.82) is 0 Å². The first-order chi connectivity index (χ1) is 10.2. The van der Waals surface area contributed by atoms with Crippen molar-refractivity contribution in [1.82, 2.24) is 0 Å². The van der Waals surface area contributed by atoms with Crippen LogP contribution in [0.5, 0.6) is 5.75 Å². The highest BCUT2D eigenvalue weighted by Gasteiger charge is 2.17. The normalized spacial score (nSPS) is 10.6. The van der Waals surface area contributed by atoms with E-state index in [0.717, 1.165) is 27.8 Å². The minimum Gasteiger partial charge on any atom is -0.508 e. The fourth-order valence-electron chi connectivity index (χ4n) is 2.59. The predicted molar refractivity (Wildman–Crippen MR) is 88.7 cm³/mol. The third-order valence-corrected chi connectivity index (χ3v) is 3.93. The zero-order valence-electron chi connectivity index (χ0n) is 11.7. The molecule has 0 radical (unpaired) electrons. The molecule has 0 unspecified atom stereocenters. The van der Waals surface area contributed by atoms with Crippen LogP contribution in [-0.2, 0) is 0 Å². The van der Waals surface area contributed by atoms with Crippen LogP contribution in [0.3, 0.4) is 0 Å². The molecule has 0 amide bonds. The maximum atomic E-state index is 10.1. The lowest BCUT2D eigenvalue weighted by Gasteiger charge is -2.16. The molecule has 1 N–H and O–H groups in total. The number of benzene rings is 3. The zero-order valence-corrected chi connectivity index (χ0v) is 12.4. The second-order valence-corrected chi connectivity index (χ2v) is 5.39. The molecule has 0 fully saturated rings. The van der Waals surface area contributed by atoms with E-state index in [0.29, 0.717) is 5.02 Å². The van der Waals surface area contributed by atoms with Gasteiger partial charge in [-0.1, -0.05) is 72.3 Å². The van der Waals surface area contributed by atoms with E-state index in [-0.39, 0.29) is 5.75 Å². The van der Waals surface area contributed by atoms with Crippen molar-refractivity contribution in [3.63, 3.8) is 0 Å². The monoisotopic (exact) mass is 294 g/mol. The van der Waals surface area contributed by atoms with E-state index in [1.54, 1.807) is 6.07 Å². The third-order valence-electron chi connectivity index (χ3n) is 3.64. The number of hydrogen-bond donors (Lipinski definition) is 1. The molecule has 21 heavy (non-hydrogen) atoms. The lowest BCUT2D eigenvalue weighted by atomic mass is 9.90. The number of halogens is 1. The Kier molecular flexibility index (Phi) is 3.68. The predicted octanol–water partition coefficient (Wildman–Crippen LogP) is 5.69. The minimum atomic E-state index is 0.221.